The van der Waals surface area contributed by atoms with E-state index in [1.807, 2.05) is 30.3 Å². The quantitative estimate of drug-likeness (QED) is 0.190. The molecular formula is C22H17BrN2O4. The first-order chi connectivity index (χ1) is 14.1. The second-order valence-corrected chi connectivity index (χ2v) is 6.82. The molecule has 1 aromatic heterocycles. The summed E-state index contributed by atoms with van der Waals surface area (Å²) in [7, 11) is 0. The van der Waals surface area contributed by atoms with E-state index in [2.05, 4.69) is 26.5 Å². The summed E-state index contributed by atoms with van der Waals surface area (Å²) in [5, 5.41) is 3.96. The van der Waals surface area contributed by atoms with Crippen LogP contribution in [0.25, 0.3) is 6.08 Å². The molecule has 3 rings (SSSR count). The van der Waals surface area contributed by atoms with Crippen molar-refractivity contribution in [1.82, 2.24) is 5.43 Å². The Labute approximate surface area is 176 Å². The van der Waals surface area contributed by atoms with Crippen LogP contribution in [0.3, 0.4) is 0 Å². The average Bonchev–Trinajstić information content (AvgIpc) is 3.23. The molecular weight excluding hydrogens is 436 g/mol. The molecule has 6 nitrogen and oxygen atoms in total. The zero-order valence-electron chi connectivity index (χ0n) is 15.2. The van der Waals surface area contributed by atoms with E-state index in [-0.39, 0.29) is 12.3 Å². The summed E-state index contributed by atoms with van der Waals surface area (Å²) in [5.74, 6) is 0.0397. The van der Waals surface area contributed by atoms with Crippen molar-refractivity contribution in [2.24, 2.45) is 5.10 Å². The molecule has 0 bridgehead atoms. The van der Waals surface area contributed by atoms with Gasteiger partial charge >= 0.3 is 5.97 Å². The van der Waals surface area contributed by atoms with Gasteiger partial charge in [0.05, 0.1) is 18.9 Å². The van der Waals surface area contributed by atoms with Crippen molar-refractivity contribution < 1.29 is 18.7 Å². The maximum Gasteiger partial charge on any atom is 0.336 e. The molecule has 146 valence electrons. The van der Waals surface area contributed by atoms with E-state index < -0.39 is 5.97 Å². The lowest BCUT2D eigenvalue weighted by Crippen LogP contribution is -2.19. The number of hydrogen-bond acceptors (Lipinski definition) is 5. The van der Waals surface area contributed by atoms with Crippen LogP contribution in [-0.2, 0) is 16.0 Å². The van der Waals surface area contributed by atoms with Crippen molar-refractivity contribution in [2.75, 3.05) is 0 Å². The molecule has 0 unspecified atom stereocenters. The second kappa shape index (κ2) is 10.2. The van der Waals surface area contributed by atoms with Crippen LogP contribution < -0.4 is 10.2 Å². The van der Waals surface area contributed by atoms with Gasteiger partial charge in [0.25, 0.3) is 0 Å². The fourth-order valence-corrected chi connectivity index (χ4v) is 2.77. The Kier molecular flexibility index (Phi) is 7.13. The molecule has 3 aromatic rings. The van der Waals surface area contributed by atoms with Crippen molar-refractivity contribution in [2.45, 2.75) is 6.42 Å². The molecule has 7 heteroatoms. The number of nitrogens with zero attached hydrogens (tertiary/aromatic N) is 1. The Bertz CT molecular complexity index is 1030. The number of furan rings is 1. The smallest absolute Gasteiger partial charge is 0.336 e. The SMILES string of the molecule is O=C(Cc1ccccc1)N/N=C/c1cc(Br)ccc1OC(=O)/C=C/c1ccco1. The number of rotatable bonds is 7. The van der Waals surface area contributed by atoms with E-state index >= 15 is 0 Å². The van der Waals surface area contributed by atoms with Gasteiger partial charge in [-0.15, -0.1) is 0 Å². The molecule has 0 saturated carbocycles. The van der Waals surface area contributed by atoms with Crippen LogP contribution in [0.2, 0.25) is 0 Å². The molecule has 1 heterocycles. The maximum atomic E-state index is 12.1. The summed E-state index contributed by atoms with van der Waals surface area (Å²) >= 11 is 3.37. The number of nitrogens with one attached hydrogen (secondary N) is 1. The lowest BCUT2D eigenvalue weighted by molar-refractivity contribution is -0.129. The summed E-state index contributed by atoms with van der Waals surface area (Å²) in [6, 6.07) is 17.9. The number of ether oxygens (including phenoxy) is 1. The lowest BCUT2D eigenvalue weighted by atomic mass is 10.1. The van der Waals surface area contributed by atoms with Gasteiger partial charge in [-0.3, -0.25) is 4.79 Å². The standard InChI is InChI=1S/C22H17BrN2O4/c23-18-8-10-20(29-22(27)11-9-19-7-4-12-28-19)17(14-18)15-24-25-21(26)13-16-5-2-1-3-6-16/h1-12,14-15H,13H2,(H,25,26)/b11-9+,24-15+. The predicted octanol–water partition coefficient (Wildman–Crippen LogP) is 4.35. The molecule has 0 spiro atoms. The lowest BCUT2D eigenvalue weighted by Gasteiger charge is -2.06. The Morgan fingerprint density at radius 2 is 1.93 bits per heavy atom. The first-order valence-electron chi connectivity index (χ1n) is 8.69. The van der Waals surface area contributed by atoms with Crippen LogP contribution >= 0.6 is 15.9 Å². The Morgan fingerprint density at radius 3 is 2.69 bits per heavy atom. The number of esters is 1. The summed E-state index contributed by atoms with van der Waals surface area (Å²) in [6.45, 7) is 0. The third-order valence-electron chi connectivity index (χ3n) is 3.71. The molecule has 2 aromatic carbocycles. The van der Waals surface area contributed by atoms with Crippen LogP contribution in [0.15, 0.2) is 87.0 Å². The van der Waals surface area contributed by atoms with Gasteiger partial charge in [0, 0.05) is 16.1 Å². The van der Waals surface area contributed by atoms with Crippen molar-refractivity contribution >= 4 is 40.1 Å². The minimum atomic E-state index is -0.563. The van der Waals surface area contributed by atoms with Crippen molar-refractivity contribution in [3.8, 4) is 5.75 Å². The second-order valence-electron chi connectivity index (χ2n) is 5.91. The number of benzene rings is 2. The number of hydrogen-bond donors (Lipinski definition) is 1. The van der Waals surface area contributed by atoms with Gasteiger partial charge in [0.2, 0.25) is 5.91 Å². The van der Waals surface area contributed by atoms with Gasteiger partial charge in [-0.1, -0.05) is 46.3 Å². The summed E-state index contributed by atoms with van der Waals surface area (Å²) in [5.41, 5.74) is 3.89. The minimum Gasteiger partial charge on any atom is -0.465 e. The molecule has 1 amide bonds. The number of halogens is 1. The fraction of sp³-hybridized carbons (Fsp3) is 0.0455. The zero-order valence-corrected chi connectivity index (χ0v) is 16.8. The Hall–Kier alpha value is -3.45. The summed E-state index contributed by atoms with van der Waals surface area (Å²) in [4.78, 5) is 24.0. The first-order valence-corrected chi connectivity index (χ1v) is 9.48. The highest BCUT2D eigenvalue weighted by Gasteiger charge is 2.08. The van der Waals surface area contributed by atoms with Gasteiger partial charge in [0.1, 0.15) is 11.5 Å². The van der Waals surface area contributed by atoms with Gasteiger partial charge in [-0.2, -0.15) is 5.10 Å². The van der Waals surface area contributed by atoms with E-state index in [1.165, 1.54) is 24.6 Å². The van der Waals surface area contributed by atoms with Crippen LogP contribution in [0.5, 0.6) is 5.75 Å². The molecule has 0 aliphatic heterocycles. The average molecular weight is 453 g/mol. The van der Waals surface area contributed by atoms with Gasteiger partial charge in [-0.05, 0) is 42.0 Å². The molecule has 0 fully saturated rings. The van der Waals surface area contributed by atoms with E-state index in [4.69, 9.17) is 9.15 Å². The zero-order chi connectivity index (χ0) is 20.5. The molecule has 0 aliphatic carbocycles. The van der Waals surface area contributed by atoms with Crippen molar-refractivity contribution in [1.29, 1.82) is 0 Å². The van der Waals surface area contributed by atoms with E-state index in [1.54, 1.807) is 30.3 Å². The Morgan fingerprint density at radius 1 is 1.10 bits per heavy atom. The van der Waals surface area contributed by atoms with Crippen LogP contribution in [0, 0.1) is 0 Å². The minimum absolute atomic E-state index is 0.218. The van der Waals surface area contributed by atoms with E-state index in [0.717, 1.165) is 10.0 Å². The fourth-order valence-electron chi connectivity index (χ4n) is 2.39. The van der Waals surface area contributed by atoms with Crippen molar-refractivity contribution in [3.05, 3.63) is 94.4 Å². The van der Waals surface area contributed by atoms with Crippen LogP contribution in [0.1, 0.15) is 16.9 Å². The van der Waals surface area contributed by atoms with Gasteiger partial charge in [-0.25, -0.2) is 10.2 Å². The van der Waals surface area contributed by atoms with Crippen molar-refractivity contribution in [3.63, 3.8) is 0 Å². The molecule has 0 aliphatic rings. The normalized spacial score (nSPS) is 11.1. The first kappa shape index (κ1) is 20.3. The highest BCUT2D eigenvalue weighted by molar-refractivity contribution is 9.10. The van der Waals surface area contributed by atoms with Crippen LogP contribution in [-0.4, -0.2) is 18.1 Å². The Balaban J connectivity index is 1.62. The number of carbonyl (C=O) groups is 2. The number of amides is 1. The largest absolute Gasteiger partial charge is 0.465 e. The molecule has 0 radical (unpaired) electrons. The third-order valence-corrected chi connectivity index (χ3v) is 4.20. The number of hydrazone groups is 1. The molecule has 0 saturated heterocycles. The van der Waals surface area contributed by atoms with Gasteiger partial charge < -0.3 is 9.15 Å². The highest BCUT2D eigenvalue weighted by atomic mass is 79.9. The van der Waals surface area contributed by atoms with Crippen LogP contribution in [0.4, 0.5) is 0 Å². The monoisotopic (exact) mass is 452 g/mol. The molecule has 0 atom stereocenters. The molecule has 1 N–H and O–H groups in total. The third kappa shape index (κ3) is 6.58. The highest BCUT2D eigenvalue weighted by Crippen LogP contribution is 2.22. The van der Waals surface area contributed by atoms with E-state index in [0.29, 0.717) is 17.1 Å². The van der Waals surface area contributed by atoms with Gasteiger partial charge in [0.15, 0.2) is 0 Å². The predicted molar refractivity (Wildman–Crippen MR) is 113 cm³/mol. The summed E-state index contributed by atoms with van der Waals surface area (Å²) < 4.78 is 11.3. The number of carbonyl (C=O) groups excluding carboxylic acids is 2. The maximum absolute atomic E-state index is 12.1. The molecule has 29 heavy (non-hydrogen) atoms. The topological polar surface area (TPSA) is 80.9 Å². The summed E-state index contributed by atoms with van der Waals surface area (Å²) in [6.07, 6.45) is 5.94. The van der Waals surface area contributed by atoms with E-state index in [9.17, 15) is 9.59 Å².